The number of hydrogen-bond acceptors (Lipinski definition) is 2. The van der Waals surface area contributed by atoms with Crippen LogP contribution in [-0.4, -0.2) is 18.0 Å². The molecule has 3 rings (SSSR count). The smallest absolute Gasteiger partial charge is 0.251 e. The van der Waals surface area contributed by atoms with Crippen molar-refractivity contribution >= 4 is 11.6 Å². The second-order valence-electron chi connectivity index (χ2n) is 6.41. The van der Waals surface area contributed by atoms with E-state index in [0.29, 0.717) is 12.1 Å². The quantitative estimate of drug-likeness (QED) is 0.831. The van der Waals surface area contributed by atoms with Crippen LogP contribution in [0.1, 0.15) is 55.8 Å². The van der Waals surface area contributed by atoms with Crippen molar-refractivity contribution in [3.63, 3.8) is 0 Å². The maximum Gasteiger partial charge on any atom is 0.251 e. The fraction of sp³-hybridized carbons (Fsp3) is 0.588. The molecular formula is C17H24N2O. The van der Waals surface area contributed by atoms with E-state index in [2.05, 4.69) is 17.6 Å². The summed E-state index contributed by atoms with van der Waals surface area (Å²) in [5.41, 5.74) is 1.82. The summed E-state index contributed by atoms with van der Waals surface area (Å²) in [7, 11) is 0. The van der Waals surface area contributed by atoms with Gasteiger partial charge in [-0.05, 0) is 50.3 Å². The molecule has 1 aromatic carbocycles. The third-order valence-corrected chi connectivity index (χ3v) is 4.36. The SMILES string of the molecule is CC(CC1CCC1)Nc1cccc(C(=O)NC2CC2)c1. The number of nitrogens with one attached hydrogen (secondary N) is 2. The van der Waals surface area contributed by atoms with Crippen molar-refractivity contribution < 1.29 is 4.79 Å². The highest BCUT2D eigenvalue weighted by Crippen LogP contribution is 2.31. The van der Waals surface area contributed by atoms with E-state index < -0.39 is 0 Å². The monoisotopic (exact) mass is 272 g/mol. The number of carbonyl (C=O) groups is 1. The molecule has 0 aliphatic heterocycles. The van der Waals surface area contributed by atoms with Gasteiger partial charge < -0.3 is 10.6 Å². The van der Waals surface area contributed by atoms with Crippen molar-refractivity contribution in [1.82, 2.24) is 5.32 Å². The van der Waals surface area contributed by atoms with Crippen molar-refractivity contribution in [1.29, 1.82) is 0 Å². The molecule has 20 heavy (non-hydrogen) atoms. The Balaban J connectivity index is 1.56. The lowest BCUT2D eigenvalue weighted by molar-refractivity contribution is 0.0951. The molecule has 2 fully saturated rings. The minimum Gasteiger partial charge on any atom is -0.383 e. The first-order chi connectivity index (χ1) is 9.70. The van der Waals surface area contributed by atoms with E-state index in [1.807, 2.05) is 24.3 Å². The lowest BCUT2D eigenvalue weighted by Gasteiger charge is -2.29. The third kappa shape index (κ3) is 3.53. The van der Waals surface area contributed by atoms with E-state index >= 15 is 0 Å². The van der Waals surface area contributed by atoms with Gasteiger partial charge in [-0.1, -0.05) is 25.3 Å². The molecule has 0 radical (unpaired) electrons. The summed E-state index contributed by atoms with van der Waals surface area (Å²) in [5, 5.41) is 6.56. The molecule has 108 valence electrons. The minimum absolute atomic E-state index is 0.0581. The maximum absolute atomic E-state index is 12.0. The summed E-state index contributed by atoms with van der Waals surface area (Å²) in [6, 6.07) is 8.75. The van der Waals surface area contributed by atoms with Crippen LogP contribution in [0.3, 0.4) is 0 Å². The first-order valence-electron chi connectivity index (χ1n) is 7.88. The second-order valence-corrected chi connectivity index (χ2v) is 6.41. The molecule has 1 unspecified atom stereocenters. The van der Waals surface area contributed by atoms with E-state index in [-0.39, 0.29) is 5.91 Å². The number of carbonyl (C=O) groups excluding carboxylic acids is 1. The van der Waals surface area contributed by atoms with E-state index in [4.69, 9.17) is 0 Å². The van der Waals surface area contributed by atoms with Crippen molar-refractivity contribution in [3.8, 4) is 0 Å². The van der Waals surface area contributed by atoms with Crippen LogP contribution in [0.2, 0.25) is 0 Å². The van der Waals surface area contributed by atoms with Gasteiger partial charge >= 0.3 is 0 Å². The summed E-state index contributed by atoms with van der Waals surface area (Å²) in [5.74, 6) is 0.960. The number of hydrogen-bond donors (Lipinski definition) is 2. The second kappa shape index (κ2) is 5.86. The predicted molar refractivity (Wildman–Crippen MR) is 82.0 cm³/mol. The van der Waals surface area contributed by atoms with Crippen LogP contribution < -0.4 is 10.6 Å². The molecule has 0 bridgehead atoms. The first kappa shape index (κ1) is 13.5. The van der Waals surface area contributed by atoms with E-state index in [1.54, 1.807) is 0 Å². The van der Waals surface area contributed by atoms with Gasteiger partial charge in [0, 0.05) is 23.3 Å². The van der Waals surface area contributed by atoms with Crippen molar-refractivity contribution in [3.05, 3.63) is 29.8 Å². The Bertz CT molecular complexity index is 478. The molecule has 0 spiro atoms. The Morgan fingerprint density at radius 2 is 2.10 bits per heavy atom. The summed E-state index contributed by atoms with van der Waals surface area (Å²) in [4.78, 5) is 12.0. The molecule has 0 heterocycles. The number of rotatable bonds is 6. The lowest BCUT2D eigenvalue weighted by Crippen LogP contribution is -2.26. The van der Waals surface area contributed by atoms with E-state index in [1.165, 1.54) is 25.7 Å². The van der Waals surface area contributed by atoms with Crippen LogP contribution in [0, 0.1) is 5.92 Å². The van der Waals surface area contributed by atoms with E-state index in [0.717, 1.165) is 30.0 Å². The molecule has 2 saturated carbocycles. The van der Waals surface area contributed by atoms with Gasteiger partial charge in [0.1, 0.15) is 0 Å². The Kier molecular flexibility index (Phi) is 3.95. The van der Waals surface area contributed by atoms with Gasteiger partial charge in [0.05, 0.1) is 0 Å². The lowest BCUT2D eigenvalue weighted by atomic mass is 9.81. The molecule has 2 aliphatic rings. The average molecular weight is 272 g/mol. The van der Waals surface area contributed by atoms with Crippen LogP contribution in [0.15, 0.2) is 24.3 Å². The van der Waals surface area contributed by atoms with Gasteiger partial charge in [0.2, 0.25) is 0 Å². The van der Waals surface area contributed by atoms with Gasteiger partial charge in [0.25, 0.3) is 5.91 Å². The van der Waals surface area contributed by atoms with Gasteiger partial charge in [-0.2, -0.15) is 0 Å². The fourth-order valence-corrected chi connectivity index (χ4v) is 2.82. The number of anilines is 1. The van der Waals surface area contributed by atoms with Crippen LogP contribution in [0.25, 0.3) is 0 Å². The topological polar surface area (TPSA) is 41.1 Å². The Labute approximate surface area is 121 Å². The fourth-order valence-electron chi connectivity index (χ4n) is 2.82. The largest absolute Gasteiger partial charge is 0.383 e. The standard InChI is InChI=1S/C17H24N2O/c1-12(10-13-4-2-5-13)18-16-7-3-6-14(11-16)17(20)19-15-8-9-15/h3,6-7,11-13,15,18H,2,4-5,8-10H2,1H3,(H,19,20). The zero-order chi connectivity index (χ0) is 13.9. The predicted octanol–water partition coefficient (Wildman–Crippen LogP) is 3.57. The van der Waals surface area contributed by atoms with Crippen LogP contribution in [-0.2, 0) is 0 Å². The Morgan fingerprint density at radius 1 is 1.30 bits per heavy atom. The Hall–Kier alpha value is -1.51. The summed E-state index contributed by atoms with van der Waals surface area (Å²) < 4.78 is 0. The van der Waals surface area contributed by atoms with Crippen LogP contribution in [0.4, 0.5) is 5.69 Å². The molecule has 3 heteroatoms. The van der Waals surface area contributed by atoms with Crippen LogP contribution in [0.5, 0.6) is 0 Å². The Morgan fingerprint density at radius 3 is 2.75 bits per heavy atom. The molecule has 3 nitrogen and oxygen atoms in total. The summed E-state index contributed by atoms with van der Waals surface area (Å²) >= 11 is 0. The zero-order valence-electron chi connectivity index (χ0n) is 12.2. The molecule has 0 aromatic heterocycles. The van der Waals surface area contributed by atoms with Crippen LogP contribution >= 0.6 is 0 Å². The third-order valence-electron chi connectivity index (χ3n) is 4.36. The summed E-state index contributed by atoms with van der Waals surface area (Å²) in [6.45, 7) is 2.23. The maximum atomic E-state index is 12.0. The van der Waals surface area contributed by atoms with E-state index in [9.17, 15) is 4.79 Å². The van der Waals surface area contributed by atoms with Crippen molar-refractivity contribution in [2.75, 3.05) is 5.32 Å². The van der Waals surface area contributed by atoms with Gasteiger partial charge in [-0.15, -0.1) is 0 Å². The van der Waals surface area contributed by atoms with Crippen molar-refractivity contribution in [2.45, 2.75) is 57.5 Å². The van der Waals surface area contributed by atoms with Crippen molar-refractivity contribution in [2.24, 2.45) is 5.92 Å². The van der Waals surface area contributed by atoms with Gasteiger partial charge in [0.15, 0.2) is 0 Å². The van der Waals surface area contributed by atoms with Gasteiger partial charge in [-0.25, -0.2) is 0 Å². The minimum atomic E-state index is 0.0581. The highest BCUT2D eigenvalue weighted by atomic mass is 16.1. The molecule has 0 saturated heterocycles. The average Bonchev–Trinajstić information content (AvgIpc) is 3.18. The number of benzene rings is 1. The molecular weight excluding hydrogens is 248 g/mol. The van der Waals surface area contributed by atoms with Gasteiger partial charge in [-0.3, -0.25) is 4.79 Å². The first-order valence-corrected chi connectivity index (χ1v) is 7.88. The summed E-state index contributed by atoms with van der Waals surface area (Å²) in [6.07, 6.45) is 7.66. The number of amides is 1. The zero-order valence-corrected chi connectivity index (χ0v) is 12.2. The highest BCUT2D eigenvalue weighted by Gasteiger charge is 2.24. The highest BCUT2D eigenvalue weighted by molar-refractivity contribution is 5.95. The normalized spacial score (nSPS) is 20.1. The molecule has 1 atom stereocenters. The molecule has 2 aliphatic carbocycles. The molecule has 1 aromatic rings. The molecule has 2 N–H and O–H groups in total. The molecule has 1 amide bonds.